The predicted molar refractivity (Wildman–Crippen MR) is 144 cm³/mol. The highest BCUT2D eigenvalue weighted by molar-refractivity contribution is 5.91. The summed E-state index contributed by atoms with van der Waals surface area (Å²) in [6.07, 6.45) is 3.67. The van der Waals surface area contributed by atoms with Crippen molar-refractivity contribution in [2.45, 2.75) is 38.8 Å². The fourth-order valence-corrected chi connectivity index (χ4v) is 5.17. The van der Waals surface area contributed by atoms with Crippen molar-refractivity contribution >= 4 is 16.9 Å². The Labute approximate surface area is 217 Å². The van der Waals surface area contributed by atoms with E-state index in [0.29, 0.717) is 28.7 Å². The molecule has 0 bridgehead atoms. The number of aryl methyl sites for hydroxylation is 1. The van der Waals surface area contributed by atoms with Crippen LogP contribution in [0.5, 0.6) is 11.8 Å². The number of piperidine rings is 1. The largest absolute Gasteiger partial charge is 0.489 e. The molecule has 2 aromatic heterocycles. The molecule has 1 unspecified atom stereocenters. The summed E-state index contributed by atoms with van der Waals surface area (Å²) in [5.74, 6) is 0.821. The molecule has 3 aromatic rings. The highest BCUT2D eigenvalue weighted by Crippen LogP contribution is 2.37. The van der Waals surface area contributed by atoms with E-state index in [1.807, 2.05) is 13.0 Å². The van der Waals surface area contributed by atoms with Gasteiger partial charge in [0.1, 0.15) is 30.1 Å². The van der Waals surface area contributed by atoms with Crippen LogP contribution in [-0.2, 0) is 0 Å². The van der Waals surface area contributed by atoms with Crippen molar-refractivity contribution in [2.75, 3.05) is 51.3 Å². The fourth-order valence-electron chi connectivity index (χ4n) is 5.17. The zero-order chi connectivity index (χ0) is 25.9. The number of nitrogens with one attached hydrogen (secondary N) is 1. The summed E-state index contributed by atoms with van der Waals surface area (Å²) < 4.78 is 27.3. The van der Waals surface area contributed by atoms with E-state index in [1.54, 1.807) is 18.2 Å². The number of likely N-dealkylation sites (tertiary alicyclic amines) is 1. The molecule has 8 nitrogen and oxygen atoms in total. The average molecular weight is 507 g/mol. The van der Waals surface area contributed by atoms with E-state index in [1.165, 1.54) is 6.07 Å². The van der Waals surface area contributed by atoms with Gasteiger partial charge in [-0.05, 0) is 64.0 Å². The van der Waals surface area contributed by atoms with Crippen molar-refractivity contribution in [3.05, 3.63) is 48.3 Å². The molecule has 0 radical (unpaired) electrons. The summed E-state index contributed by atoms with van der Waals surface area (Å²) in [6, 6.07) is 7.35. The molecule has 5 rings (SSSR count). The minimum atomic E-state index is -0.400. The maximum atomic E-state index is 15.2. The molecule has 2 fully saturated rings. The third kappa shape index (κ3) is 5.38. The Hall–Kier alpha value is -3.30. The summed E-state index contributed by atoms with van der Waals surface area (Å²) in [6.45, 7) is 12.5. The van der Waals surface area contributed by atoms with Gasteiger partial charge in [-0.15, -0.1) is 0 Å². The van der Waals surface area contributed by atoms with Gasteiger partial charge in [0.2, 0.25) is 0 Å². The van der Waals surface area contributed by atoms with Crippen LogP contribution in [0, 0.1) is 12.7 Å². The van der Waals surface area contributed by atoms with Crippen molar-refractivity contribution < 1.29 is 13.9 Å². The van der Waals surface area contributed by atoms with E-state index in [0.717, 1.165) is 62.3 Å². The molecule has 0 amide bonds. The van der Waals surface area contributed by atoms with Crippen LogP contribution in [0.3, 0.4) is 0 Å². The van der Waals surface area contributed by atoms with Crippen molar-refractivity contribution in [1.29, 1.82) is 0 Å². The molecule has 0 spiro atoms. The number of likely N-dealkylation sites (N-methyl/N-ethyl adjacent to an activating group) is 1. The van der Waals surface area contributed by atoms with Gasteiger partial charge < -0.3 is 24.6 Å². The molecule has 1 aromatic carbocycles. The molecular formula is C28H35FN6O2. The Morgan fingerprint density at radius 1 is 1.24 bits per heavy atom. The number of aromatic nitrogens is 3. The summed E-state index contributed by atoms with van der Waals surface area (Å²) in [7, 11) is 2.10. The highest BCUT2D eigenvalue weighted by atomic mass is 19.1. The zero-order valence-electron chi connectivity index (χ0n) is 21.8. The lowest BCUT2D eigenvalue weighted by atomic mass is 10.0. The monoisotopic (exact) mass is 506 g/mol. The second-order valence-corrected chi connectivity index (χ2v) is 9.96. The molecule has 2 aliphatic rings. The van der Waals surface area contributed by atoms with Crippen LogP contribution in [0.4, 0.5) is 10.2 Å². The molecule has 2 aliphatic heterocycles. The van der Waals surface area contributed by atoms with Gasteiger partial charge in [0, 0.05) is 32.2 Å². The summed E-state index contributed by atoms with van der Waals surface area (Å²) in [5.41, 5.74) is 2.10. The number of halogens is 1. The lowest BCUT2D eigenvalue weighted by molar-refractivity contribution is 0.0959. The van der Waals surface area contributed by atoms with Crippen molar-refractivity contribution in [2.24, 2.45) is 0 Å². The normalized spacial score (nSPS) is 20.7. The number of nitrogens with zero attached hydrogens (tertiary/aromatic N) is 5. The van der Waals surface area contributed by atoms with Gasteiger partial charge in [0.15, 0.2) is 5.65 Å². The van der Waals surface area contributed by atoms with Crippen LogP contribution in [-0.4, -0.2) is 78.4 Å². The van der Waals surface area contributed by atoms with Gasteiger partial charge >= 0.3 is 6.01 Å². The minimum Gasteiger partial charge on any atom is -0.489 e. The Morgan fingerprint density at radius 2 is 2.11 bits per heavy atom. The third-order valence-electron chi connectivity index (χ3n) is 7.03. The van der Waals surface area contributed by atoms with E-state index < -0.39 is 5.82 Å². The van der Waals surface area contributed by atoms with Crippen LogP contribution in [0.25, 0.3) is 22.3 Å². The molecule has 196 valence electrons. The van der Waals surface area contributed by atoms with Gasteiger partial charge in [0.25, 0.3) is 0 Å². The first kappa shape index (κ1) is 25.4. The van der Waals surface area contributed by atoms with Crippen LogP contribution < -0.4 is 19.7 Å². The zero-order valence-corrected chi connectivity index (χ0v) is 21.8. The number of hydrogen-bond donors (Lipinski definition) is 1. The quantitative estimate of drug-likeness (QED) is 0.483. The maximum Gasteiger partial charge on any atom is 0.320 e. The number of benzene rings is 1. The molecule has 1 N–H and O–H groups in total. The molecule has 37 heavy (non-hydrogen) atoms. The van der Waals surface area contributed by atoms with E-state index in [-0.39, 0.29) is 18.8 Å². The highest BCUT2D eigenvalue weighted by Gasteiger charge is 2.27. The van der Waals surface area contributed by atoms with E-state index in [2.05, 4.69) is 35.7 Å². The first-order valence-electron chi connectivity index (χ1n) is 13.0. The Morgan fingerprint density at radius 3 is 2.89 bits per heavy atom. The SMILES string of the molecule is C=CCOc1cccc(F)c1-c1nc2nc(OC3CCCN(C)C3)nc(N3CCNC[C@H]3C)c2cc1C. The van der Waals surface area contributed by atoms with Crippen molar-refractivity contribution in [3.63, 3.8) is 0 Å². The molecule has 2 saturated heterocycles. The smallest absolute Gasteiger partial charge is 0.320 e. The summed E-state index contributed by atoms with van der Waals surface area (Å²) >= 11 is 0. The van der Waals surface area contributed by atoms with E-state index in [9.17, 15) is 0 Å². The second-order valence-electron chi connectivity index (χ2n) is 9.96. The van der Waals surface area contributed by atoms with Gasteiger partial charge in [-0.1, -0.05) is 18.7 Å². The number of pyridine rings is 1. The fraction of sp³-hybridized carbons (Fsp3) is 0.464. The van der Waals surface area contributed by atoms with Crippen LogP contribution in [0.2, 0.25) is 0 Å². The lowest BCUT2D eigenvalue weighted by Crippen LogP contribution is -2.50. The summed E-state index contributed by atoms with van der Waals surface area (Å²) in [4.78, 5) is 19.1. The second kappa shape index (κ2) is 11.0. The Balaban J connectivity index is 1.64. The lowest BCUT2D eigenvalue weighted by Gasteiger charge is -2.35. The first-order chi connectivity index (χ1) is 17.9. The molecule has 0 saturated carbocycles. The number of ether oxygens (including phenoxy) is 2. The van der Waals surface area contributed by atoms with E-state index >= 15 is 4.39 Å². The van der Waals surface area contributed by atoms with Crippen LogP contribution in [0.15, 0.2) is 36.9 Å². The number of anilines is 1. The van der Waals surface area contributed by atoms with Crippen molar-refractivity contribution in [1.82, 2.24) is 25.2 Å². The number of piperazine rings is 1. The topological polar surface area (TPSA) is 75.6 Å². The Kier molecular flexibility index (Phi) is 7.53. The number of hydrogen-bond acceptors (Lipinski definition) is 8. The number of fused-ring (bicyclic) bond motifs is 1. The van der Waals surface area contributed by atoms with Crippen LogP contribution >= 0.6 is 0 Å². The first-order valence-corrected chi connectivity index (χ1v) is 13.0. The molecule has 4 heterocycles. The van der Waals surface area contributed by atoms with Crippen LogP contribution in [0.1, 0.15) is 25.3 Å². The van der Waals surface area contributed by atoms with E-state index in [4.69, 9.17) is 24.4 Å². The molecular weight excluding hydrogens is 471 g/mol. The molecule has 0 aliphatic carbocycles. The maximum absolute atomic E-state index is 15.2. The standard InChI is InChI=1S/C28H35FN6O2/c1-5-14-36-23-10-6-9-22(29)24(23)25-18(2)15-21-26(31-25)32-28(37-20-8-7-12-34(4)17-20)33-27(21)35-13-11-30-16-19(35)3/h5-6,9-10,15,19-20,30H,1,7-8,11-14,16-17H2,2-4H3/t19-,20?/m1/s1. The van der Waals surface area contributed by atoms with Gasteiger partial charge in [-0.25, -0.2) is 9.37 Å². The minimum absolute atomic E-state index is 0.0138. The van der Waals surface area contributed by atoms with Gasteiger partial charge in [-0.3, -0.25) is 0 Å². The predicted octanol–water partition coefficient (Wildman–Crippen LogP) is 3.98. The van der Waals surface area contributed by atoms with Crippen molar-refractivity contribution in [3.8, 4) is 23.0 Å². The molecule has 2 atom stereocenters. The third-order valence-corrected chi connectivity index (χ3v) is 7.03. The average Bonchev–Trinajstić information content (AvgIpc) is 2.88. The van der Waals surface area contributed by atoms with Gasteiger partial charge in [-0.2, -0.15) is 9.97 Å². The molecule has 9 heteroatoms. The number of rotatable bonds is 7. The Bertz CT molecular complexity index is 1290. The van der Waals surface area contributed by atoms with Gasteiger partial charge in [0.05, 0.1) is 16.6 Å². The summed E-state index contributed by atoms with van der Waals surface area (Å²) in [5, 5.41) is 4.27.